The molecule has 7 aromatic heterocycles. The van der Waals surface area contributed by atoms with Crippen LogP contribution >= 0.6 is 0 Å². The lowest BCUT2D eigenvalue weighted by atomic mass is 10.0. The van der Waals surface area contributed by atoms with Crippen LogP contribution in [0, 0.1) is 0 Å². The first-order chi connectivity index (χ1) is 47.1. The Morgan fingerprint density at radius 3 is 1.20 bits per heavy atom. The third-order valence-corrected chi connectivity index (χ3v) is 19.0. The summed E-state index contributed by atoms with van der Waals surface area (Å²) in [6, 6.07) is 121. The summed E-state index contributed by atoms with van der Waals surface area (Å²) in [5.74, 6) is 0. The number of hydrogen-bond donors (Lipinski definition) is 0. The first-order valence-electron chi connectivity index (χ1n) is 32.3. The molecule has 13 aromatic carbocycles. The molecule has 0 radical (unpaired) electrons. The highest BCUT2D eigenvalue weighted by Gasteiger charge is 2.22. The molecule has 0 saturated carbocycles. The van der Waals surface area contributed by atoms with E-state index in [1.54, 1.807) is 0 Å². The van der Waals surface area contributed by atoms with Gasteiger partial charge in [0.25, 0.3) is 0 Å². The molecule has 444 valence electrons. The van der Waals surface area contributed by atoms with E-state index in [9.17, 15) is 0 Å². The summed E-state index contributed by atoms with van der Waals surface area (Å²) in [5.41, 5.74) is 26.2. The Labute approximate surface area is 546 Å². The summed E-state index contributed by atoms with van der Waals surface area (Å²) in [7, 11) is 0. The zero-order valence-electron chi connectivity index (χ0n) is 51.4. The van der Waals surface area contributed by atoms with Gasteiger partial charge in [-0.25, -0.2) is 9.97 Å². The van der Waals surface area contributed by atoms with Crippen molar-refractivity contribution >= 4 is 109 Å². The van der Waals surface area contributed by atoms with Crippen molar-refractivity contribution in [3.05, 3.63) is 340 Å². The van der Waals surface area contributed by atoms with Crippen LogP contribution in [-0.2, 0) is 0 Å². The first kappa shape index (κ1) is 53.9. The molecular weight excluding hydrogens is 1160 g/mol. The fraction of sp³-hybridized carbons (Fsp3) is 0. The van der Waals surface area contributed by atoms with E-state index < -0.39 is 0 Å². The summed E-state index contributed by atoms with van der Waals surface area (Å²) in [6.45, 7) is 0. The summed E-state index contributed by atoms with van der Waals surface area (Å²) >= 11 is 0. The molecule has 0 atom stereocenters. The zero-order valence-corrected chi connectivity index (χ0v) is 51.4. The monoisotopic (exact) mass is 1210 g/mol. The van der Waals surface area contributed by atoms with Gasteiger partial charge in [0.15, 0.2) is 0 Å². The average molecular weight is 1210 g/mol. The molecule has 20 rings (SSSR count). The highest BCUT2D eigenvalue weighted by atomic mass is 16.3. The van der Waals surface area contributed by atoms with E-state index in [4.69, 9.17) is 14.4 Å². The molecule has 95 heavy (non-hydrogen) atoms. The number of hydrogen-bond acceptors (Lipinski definition) is 3. The van der Waals surface area contributed by atoms with Crippen molar-refractivity contribution in [1.82, 2.24) is 28.2 Å². The van der Waals surface area contributed by atoms with Gasteiger partial charge in [-0.2, -0.15) is 0 Å². The minimum atomic E-state index is 0.909. The van der Waals surface area contributed by atoms with Crippen LogP contribution in [0.4, 0.5) is 0 Å². The molecule has 0 fully saturated rings. The van der Waals surface area contributed by atoms with Crippen molar-refractivity contribution in [1.29, 1.82) is 0 Å². The fourth-order valence-corrected chi connectivity index (χ4v) is 14.7. The van der Waals surface area contributed by atoms with E-state index in [0.717, 1.165) is 133 Å². The number of aromatic nitrogens is 6. The lowest BCUT2D eigenvalue weighted by molar-refractivity contribution is 0.670. The predicted molar refractivity (Wildman–Crippen MR) is 395 cm³/mol. The van der Waals surface area contributed by atoms with Crippen molar-refractivity contribution in [3.63, 3.8) is 0 Å². The van der Waals surface area contributed by atoms with Crippen LogP contribution in [0.2, 0.25) is 0 Å². The maximum Gasteiger partial charge on any atom is 0.143 e. The van der Waals surface area contributed by atoms with Crippen molar-refractivity contribution < 1.29 is 4.42 Å². The van der Waals surface area contributed by atoms with Crippen molar-refractivity contribution in [3.8, 4) is 67.5 Å². The summed E-state index contributed by atoms with van der Waals surface area (Å²) < 4.78 is 15.9. The quantitative estimate of drug-likeness (QED) is 0.152. The van der Waals surface area contributed by atoms with E-state index in [2.05, 4.69) is 334 Å². The minimum absolute atomic E-state index is 0.909. The maximum atomic E-state index is 6.45. The molecule has 0 bridgehead atoms. The van der Waals surface area contributed by atoms with Crippen molar-refractivity contribution in [2.45, 2.75) is 0 Å². The molecule has 0 spiro atoms. The standard InChI is InChI=1S/C47H29N3O.C41H27N3/c1-3-12-30(13-4-1)40-24-27-44-46(48-40)39-29-33(23-26-43(39)49(44)32-14-5-2-6-15-32)50-41-20-9-7-16-35(41)38-28-31(22-25-42(38)50)34-18-11-19-37-36-17-8-10-21-45(36)51-47(34)37;1-4-12-28(13-5-1)30-20-22-34-33-18-10-11-19-37(33)44(40(34)26-30)32-21-24-38-35(27-32)41-39(43(38)31-16-8-3-9-17-31)25-23-36(42-41)29-14-6-2-7-15-29/h1-29H;1-27H. The fourth-order valence-electron chi connectivity index (χ4n) is 14.7. The Morgan fingerprint density at radius 1 is 0.211 bits per heavy atom. The lowest BCUT2D eigenvalue weighted by Gasteiger charge is -2.11. The lowest BCUT2D eigenvalue weighted by Crippen LogP contribution is -1.95. The largest absolute Gasteiger partial charge is 0.455 e. The third-order valence-electron chi connectivity index (χ3n) is 19.0. The normalized spacial score (nSPS) is 11.8. The number of nitrogens with zero attached hydrogens (tertiary/aromatic N) is 6. The van der Waals surface area contributed by atoms with Gasteiger partial charge < -0.3 is 22.7 Å². The zero-order chi connectivity index (χ0) is 62.5. The Bertz CT molecular complexity index is 6380. The van der Waals surface area contributed by atoms with Crippen molar-refractivity contribution in [2.24, 2.45) is 0 Å². The van der Waals surface area contributed by atoms with Gasteiger partial charge in [0.05, 0.1) is 66.6 Å². The topological polar surface area (TPSA) is 58.6 Å². The molecule has 0 unspecified atom stereocenters. The molecular formula is C88H56N6O. The second-order valence-corrected chi connectivity index (χ2v) is 24.4. The highest BCUT2D eigenvalue weighted by molar-refractivity contribution is 6.16. The van der Waals surface area contributed by atoms with E-state index in [0.29, 0.717) is 0 Å². The smallest absolute Gasteiger partial charge is 0.143 e. The van der Waals surface area contributed by atoms with E-state index in [1.165, 1.54) is 43.7 Å². The molecule has 0 amide bonds. The van der Waals surface area contributed by atoms with Crippen molar-refractivity contribution in [2.75, 3.05) is 0 Å². The molecule has 20 aromatic rings. The number of fused-ring (bicyclic) bond motifs is 15. The van der Waals surface area contributed by atoms with Crippen LogP contribution in [0.15, 0.2) is 344 Å². The summed E-state index contributed by atoms with van der Waals surface area (Å²) in [6.07, 6.45) is 0. The molecule has 0 aliphatic heterocycles. The number of para-hydroxylation sites is 6. The minimum Gasteiger partial charge on any atom is -0.455 e. The second-order valence-electron chi connectivity index (χ2n) is 24.4. The van der Waals surface area contributed by atoms with Crippen LogP contribution in [-0.4, -0.2) is 28.2 Å². The van der Waals surface area contributed by atoms with Gasteiger partial charge in [-0.3, -0.25) is 0 Å². The SMILES string of the molecule is c1ccc(-c2ccc3c(n2)c2cc(-n4c5ccccc5c5cc(-c6cccc7c6oc6ccccc67)ccc54)ccc2n3-c2ccccc2)cc1.c1ccc(-c2ccc3c4ccccc4n(-c4ccc5c(c4)c4nc(-c6ccccc6)ccc4n5-c4ccccc4)c3c2)cc1. The van der Waals surface area contributed by atoms with Crippen LogP contribution < -0.4 is 0 Å². The summed E-state index contributed by atoms with van der Waals surface area (Å²) in [5, 5.41) is 9.43. The van der Waals surface area contributed by atoms with Crippen LogP contribution in [0.1, 0.15) is 0 Å². The molecule has 0 N–H and O–H groups in total. The third kappa shape index (κ3) is 8.82. The average Bonchev–Trinajstić information content (AvgIpc) is 1.59. The van der Waals surface area contributed by atoms with E-state index >= 15 is 0 Å². The number of furan rings is 1. The van der Waals surface area contributed by atoms with Crippen LogP contribution in [0.5, 0.6) is 0 Å². The van der Waals surface area contributed by atoms with Gasteiger partial charge in [0.2, 0.25) is 0 Å². The van der Waals surface area contributed by atoms with Crippen LogP contribution in [0.3, 0.4) is 0 Å². The van der Waals surface area contributed by atoms with Gasteiger partial charge in [-0.1, -0.05) is 218 Å². The molecule has 7 heteroatoms. The van der Waals surface area contributed by atoms with E-state index in [1.807, 2.05) is 24.3 Å². The highest BCUT2D eigenvalue weighted by Crippen LogP contribution is 2.43. The molecule has 7 nitrogen and oxygen atoms in total. The number of pyridine rings is 2. The van der Waals surface area contributed by atoms with Gasteiger partial charge in [-0.05, 0) is 138 Å². The second kappa shape index (κ2) is 21.9. The number of benzene rings is 13. The Balaban J connectivity index is 0.000000136. The Hall–Kier alpha value is -12.8. The van der Waals surface area contributed by atoms with Gasteiger partial charge >= 0.3 is 0 Å². The first-order valence-corrected chi connectivity index (χ1v) is 32.3. The number of rotatable bonds is 8. The van der Waals surface area contributed by atoms with E-state index in [-0.39, 0.29) is 0 Å². The van der Waals surface area contributed by atoms with Gasteiger partial charge in [0.1, 0.15) is 11.2 Å². The Kier molecular flexibility index (Phi) is 12.5. The maximum absolute atomic E-state index is 6.45. The molecule has 0 aliphatic rings. The molecule has 0 saturated heterocycles. The summed E-state index contributed by atoms with van der Waals surface area (Å²) in [4.78, 5) is 10.6. The molecule has 0 aliphatic carbocycles. The Morgan fingerprint density at radius 2 is 0.621 bits per heavy atom. The predicted octanol–water partition coefficient (Wildman–Crippen LogP) is 23.1. The van der Waals surface area contributed by atoms with Gasteiger partial charge in [0, 0.05) is 82.5 Å². The van der Waals surface area contributed by atoms with Gasteiger partial charge in [-0.15, -0.1) is 0 Å². The van der Waals surface area contributed by atoms with Crippen LogP contribution in [0.25, 0.3) is 177 Å². The molecule has 7 heterocycles.